The minimum Gasteiger partial charge on any atom is -0.466 e. The Morgan fingerprint density at radius 2 is 2.50 bits per heavy atom. The third-order valence-corrected chi connectivity index (χ3v) is 2.79. The maximum atomic E-state index is 11.6. The van der Waals surface area contributed by atoms with Gasteiger partial charge in [0.05, 0.1) is 18.2 Å². The highest BCUT2D eigenvalue weighted by atomic mass is 16.5. The van der Waals surface area contributed by atoms with Gasteiger partial charge in [0, 0.05) is 6.07 Å². The Balaban J connectivity index is 2.16. The number of esters is 1. The number of hydrogen-bond acceptors (Lipinski definition) is 4. The fourth-order valence-corrected chi connectivity index (χ4v) is 2.00. The molecule has 1 aromatic rings. The molecule has 1 heterocycles. The van der Waals surface area contributed by atoms with E-state index in [1.54, 1.807) is 6.92 Å². The van der Waals surface area contributed by atoms with E-state index in [0.29, 0.717) is 13.0 Å². The molecule has 0 spiro atoms. The number of ether oxygens (including phenoxy) is 1. The first-order valence-electron chi connectivity index (χ1n) is 5.44. The van der Waals surface area contributed by atoms with Crippen LogP contribution in [0.1, 0.15) is 24.6 Å². The molecule has 0 bridgehead atoms. The molecular formula is C11H14N2O3. The third kappa shape index (κ3) is 2.13. The number of hydrogen-bond donors (Lipinski definition) is 1. The number of fused-ring (bicyclic) bond motifs is 1. The van der Waals surface area contributed by atoms with Crippen molar-refractivity contribution in [2.75, 3.05) is 6.61 Å². The van der Waals surface area contributed by atoms with Gasteiger partial charge in [-0.3, -0.25) is 9.59 Å². The van der Waals surface area contributed by atoms with Gasteiger partial charge in [-0.15, -0.1) is 0 Å². The molecule has 5 nitrogen and oxygen atoms in total. The van der Waals surface area contributed by atoms with E-state index in [4.69, 9.17) is 4.74 Å². The second-order valence-corrected chi connectivity index (χ2v) is 3.90. The maximum absolute atomic E-state index is 11.6. The molecule has 0 unspecified atom stereocenters. The van der Waals surface area contributed by atoms with Crippen LogP contribution in [0.25, 0.3) is 0 Å². The Labute approximate surface area is 92.8 Å². The number of carbonyl (C=O) groups excluding carboxylic acids is 1. The van der Waals surface area contributed by atoms with Gasteiger partial charge >= 0.3 is 5.97 Å². The second-order valence-electron chi connectivity index (χ2n) is 3.90. The highest BCUT2D eigenvalue weighted by Crippen LogP contribution is 2.23. The van der Waals surface area contributed by atoms with E-state index >= 15 is 0 Å². The molecule has 0 radical (unpaired) electrons. The van der Waals surface area contributed by atoms with E-state index in [0.717, 1.165) is 24.1 Å². The summed E-state index contributed by atoms with van der Waals surface area (Å²) in [7, 11) is 0. The fourth-order valence-electron chi connectivity index (χ4n) is 2.00. The van der Waals surface area contributed by atoms with Crippen LogP contribution in [-0.4, -0.2) is 22.8 Å². The molecular weight excluding hydrogens is 208 g/mol. The lowest BCUT2D eigenvalue weighted by molar-refractivity contribution is -0.148. The van der Waals surface area contributed by atoms with Crippen molar-refractivity contribution in [1.82, 2.24) is 10.2 Å². The van der Waals surface area contributed by atoms with Crippen molar-refractivity contribution in [3.8, 4) is 0 Å². The number of nitrogens with zero attached hydrogens (tertiary/aromatic N) is 1. The van der Waals surface area contributed by atoms with E-state index in [9.17, 15) is 9.59 Å². The van der Waals surface area contributed by atoms with Crippen molar-refractivity contribution in [3.63, 3.8) is 0 Å². The highest BCUT2D eigenvalue weighted by Gasteiger charge is 2.26. The van der Waals surface area contributed by atoms with Gasteiger partial charge < -0.3 is 4.74 Å². The van der Waals surface area contributed by atoms with E-state index in [-0.39, 0.29) is 17.4 Å². The summed E-state index contributed by atoms with van der Waals surface area (Å²) in [4.78, 5) is 22.7. The van der Waals surface area contributed by atoms with Gasteiger partial charge in [-0.1, -0.05) is 0 Å². The lowest BCUT2D eigenvalue weighted by Gasteiger charge is -2.21. The SMILES string of the molecule is CCOC(=O)[C@@H]1CCc2n[nH]c(=O)cc2C1. The van der Waals surface area contributed by atoms with Gasteiger partial charge in [-0.2, -0.15) is 5.10 Å². The number of aromatic amines is 1. The van der Waals surface area contributed by atoms with Crippen LogP contribution in [0.5, 0.6) is 0 Å². The average molecular weight is 222 g/mol. The summed E-state index contributed by atoms with van der Waals surface area (Å²) >= 11 is 0. The monoisotopic (exact) mass is 222 g/mol. The minimum atomic E-state index is -0.219. The summed E-state index contributed by atoms with van der Waals surface area (Å²) < 4.78 is 4.98. The molecule has 1 aliphatic carbocycles. The molecule has 1 N–H and O–H groups in total. The van der Waals surface area contributed by atoms with Crippen molar-refractivity contribution in [2.24, 2.45) is 5.92 Å². The fraction of sp³-hybridized carbons (Fsp3) is 0.545. The van der Waals surface area contributed by atoms with Gasteiger partial charge in [0.1, 0.15) is 0 Å². The number of nitrogens with one attached hydrogen (secondary N) is 1. The molecule has 86 valence electrons. The number of aryl methyl sites for hydroxylation is 1. The summed E-state index contributed by atoms with van der Waals surface area (Å²) in [5.74, 6) is -0.301. The van der Waals surface area contributed by atoms with Crippen LogP contribution in [0.4, 0.5) is 0 Å². The molecule has 0 aromatic carbocycles. The molecule has 0 fully saturated rings. The molecule has 2 rings (SSSR count). The van der Waals surface area contributed by atoms with Crippen LogP contribution in [0.2, 0.25) is 0 Å². The smallest absolute Gasteiger partial charge is 0.309 e. The molecule has 0 saturated heterocycles. The van der Waals surface area contributed by atoms with Crippen molar-refractivity contribution in [1.29, 1.82) is 0 Å². The Morgan fingerprint density at radius 1 is 1.69 bits per heavy atom. The lowest BCUT2D eigenvalue weighted by atomic mass is 9.87. The predicted octanol–water partition coefficient (Wildman–Crippen LogP) is 0.438. The van der Waals surface area contributed by atoms with Crippen LogP contribution in [0.15, 0.2) is 10.9 Å². The Kier molecular flexibility index (Phi) is 3.03. The van der Waals surface area contributed by atoms with E-state index < -0.39 is 0 Å². The van der Waals surface area contributed by atoms with Gasteiger partial charge in [0.15, 0.2) is 0 Å². The Bertz CT molecular complexity index is 453. The maximum Gasteiger partial charge on any atom is 0.309 e. The zero-order chi connectivity index (χ0) is 11.5. The first kappa shape index (κ1) is 10.9. The zero-order valence-corrected chi connectivity index (χ0v) is 9.16. The number of carbonyl (C=O) groups is 1. The van der Waals surface area contributed by atoms with Crippen molar-refractivity contribution < 1.29 is 9.53 Å². The number of aromatic nitrogens is 2. The first-order chi connectivity index (χ1) is 7.70. The van der Waals surface area contributed by atoms with Crippen LogP contribution in [0.3, 0.4) is 0 Å². The summed E-state index contributed by atoms with van der Waals surface area (Å²) in [6.45, 7) is 2.19. The molecule has 1 aromatic heterocycles. The topological polar surface area (TPSA) is 72.0 Å². The molecule has 0 saturated carbocycles. The zero-order valence-electron chi connectivity index (χ0n) is 9.16. The van der Waals surface area contributed by atoms with Gasteiger partial charge in [-0.05, 0) is 31.7 Å². The molecule has 1 aliphatic rings. The van der Waals surface area contributed by atoms with Gasteiger partial charge in [-0.25, -0.2) is 5.10 Å². The van der Waals surface area contributed by atoms with Crippen molar-refractivity contribution in [3.05, 3.63) is 27.7 Å². The highest BCUT2D eigenvalue weighted by molar-refractivity contribution is 5.73. The second kappa shape index (κ2) is 4.47. The number of rotatable bonds is 2. The van der Waals surface area contributed by atoms with Crippen LogP contribution in [-0.2, 0) is 22.4 Å². The third-order valence-electron chi connectivity index (χ3n) is 2.79. The standard InChI is InChI=1S/C11H14N2O3/c1-2-16-11(15)7-3-4-9-8(5-7)6-10(14)13-12-9/h6-7H,2-5H2,1H3,(H,13,14)/t7-/m1/s1. The van der Waals surface area contributed by atoms with Gasteiger partial charge in [0.25, 0.3) is 5.56 Å². The first-order valence-corrected chi connectivity index (χ1v) is 5.44. The minimum absolute atomic E-state index is 0.129. The quantitative estimate of drug-likeness (QED) is 0.737. The predicted molar refractivity (Wildman–Crippen MR) is 57.0 cm³/mol. The summed E-state index contributed by atoms with van der Waals surface area (Å²) in [5.41, 5.74) is 1.54. The van der Waals surface area contributed by atoms with E-state index in [2.05, 4.69) is 10.2 Å². The van der Waals surface area contributed by atoms with Crippen molar-refractivity contribution in [2.45, 2.75) is 26.2 Å². The van der Waals surface area contributed by atoms with Crippen molar-refractivity contribution >= 4 is 5.97 Å². The van der Waals surface area contributed by atoms with Crippen LogP contribution in [0, 0.1) is 5.92 Å². The molecule has 5 heteroatoms. The van der Waals surface area contributed by atoms with E-state index in [1.165, 1.54) is 6.07 Å². The molecule has 0 aliphatic heterocycles. The molecule has 0 amide bonds. The summed E-state index contributed by atoms with van der Waals surface area (Å²) in [6, 6.07) is 1.52. The average Bonchev–Trinajstić information content (AvgIpc) is 2.28. The molecule has 16 heavy (non-hydrogen) atoms. The van der Waals surface area contributed by atoms with Crippen LogP contribution >= 0.6 is 0 Å². The Hall–Kier alpha value is -1.65. The van der Waals surface area contributed by atoms with Crippen LogP contribution < -0.4 is 5.56 Å². The normalized spacial score (nSPS) is 18.9. The Morgan fingerprint density at radius 3 is 3.25 bits per heavy atom. The largest absolute Gasteiger partial charge is 0.466 e. The summed E-state index contributed by atoms with van der Waals surface area (Å²) in [6.07, 6.45) is 2.02. The lowest BCUT2D eigenvalue weighted by Crippen LogP contribution is -2.27. The summed E-state index contributed by atoms with van der Waals surface area (Å²) in [5, 5.41) is 6.38. The number of H-pyrrole nitrogens is 1. The van der Waals surface area contributed by atoms with Gasteiger partial charge in [0.2, 0.25) is 0 Å². The molecule has 1 atom stereocenters. The van der Waals surface area contributed by atoms with E-state index in [1.807, 2.05) is 0 Å².